The van der Waals surface area contributed by atoms with E-state index in [2.05, 4.69) is 0 Å². The van der Waals surface area contributed by atoms with Crippen LogP contribution in [0.15, 0.2) is 42.5 Å². The highest BCUT2D eigenvalue weighted by Crippen LogP contribution is 2.33. The first kappa shape index (κ1) is 16.6. The first-order valence-corrected chi connectivity index (χ1v) is 7.11. The van der Waals surface area contributed by atoms with Crippen molar-refractivity contribution < 1.29 is 13.2 Å². The van der Waals surface area contributed by atoms with Gasteiger partial charge in [0.25, 0.3) is 5.92 Å². The number of alkyl halides is 2. The number of halogens is 4. The first-order valence-electron chi connectivity index (χ1n) is 6.73. The molecule has 1 nitrogen and oxygen atoms in total. The van der Waals surface area contributed by atoms with Gasteiger partial charge in [-0.2, -0.15) is 0 Å². The Balaban J connectivity index is 2.10. The van der Waals surface area contributed by atoms with E-state index in [1.165, 1.54) is 24.3 Å². The van der Waals surface area contributed by atoms with Gasteiger partial charge in [0, 0.05) is 36.1 Å². The maximum atomic E-state index is 13.4. The molecule has 0 aliphatic heterocycles. The zero-order chi connectivity index (χ0) is 16.3. The van der Waals surface area contributed by atoms with E-state index >= 15 is 0 Å². The van der Waals surface area contributed by atoms with E-state index in [1.54, 1.807) is 18.2 Å². The van der Waals surface area contributed by atoms with Crippen LogP contribution in [0.3, 0.4) is 0 Å². The van der Waals surface area contributed by atoms with E-state index in [1.807, 2.05) is 0 Å². The van der Waals surface area contributed by atoms with E-state index < -0.39 is 5.92 Å². The van der Waals surface area contributed by atoms with Crippen LogP contribution in [0.25, 0.3) is 0 Å². The monoisotopic (exact) mass is 325 g/mol. The van der Waals surface area contributed by atoms with Gasteiger partial charge in [-0.3, -0.25) is 0 Å². The molecule has 0 aliphatic carbocycles. The molecule has 0 fully saturated rings. The first-order chi connectivity index (χ1) is 10.3. The van der Waals surface area contributed by atoms with Gasteiger partial charge in [-0.05, 0) is 35.4 Å². The Hall–Kier alpha value is -1.81. The maximum absolute atomic E-state index is 13.4. The van der Waals surface area contributed by atoms with Gasteiger partial charge in [0.1, 0.15) is 5.82 Å². The van der Waals surface area contributed by atoms with Crippen LogP contribution in [-0.4, -0.2) is 5.71 Å². The third kappa shape index (κ3) is 4.34. The molecule has 0 saturated carbocycles. The SMILES string of the molecule is CC(F)(F)c1cc(CC(=N)Cc2ccc(F)cc2)ccc1Cl. The quantitative estimate of drug-likeness (QED) is 0.712. The minimum atomic E-state index is -3.02. The van der Waals surface area contributed by atoms with E-state index in [0.717, 1.165) is 12.5 Å². The van der Waals surface area contributed by atoms with Gasteiger partial charge in [-0.25, -0.2) is 13.2 Å². The molecular weight excluding hydrogens is 311 g/mol. The molecule has 0 aromatic heterocycles. The summed E-state index contributed by atoms with van der Waals surface area (Å²) < 4.78 is 39.7. The smallest absolute Gasteiger partial charge is 0.271 e. The Labute approximate surface area is 132 Å². The summed E-state index contributed by atoms with van der Waals surface area (Å²) >= 11 is 5.79. The molecule has 22 heavy (non-hydrogen) atoms. The van der Waals surface area contributed by atoms with Crippen molar-refractivity contribution in [2.45, 2.75) is 25.7 Å². The molecule has 1 N–H and O–H groups in total. The van der Waals surface area contributed by atoms with Crippen LogP contribution >= 0.6 is 11.6 Å². The standard InChI is InChI=1S/C17H15ClF3N/c1-17(20,21)15-10-12(4-7-16(15)18)9-14(22)8-11-2-5-13(19)6-3-11/h2-7,10,22H,8-9H2,1H3. The van der Waals surface area contributed by atoms with Crippen LogP contribution < -0.4 is 0 Å². The predicted molar refractivity (Wildman–Crippen MR) is 82.6 cm³/mol. The Morgan fingerprint density at radius 3 is 2.18 bits per heavy atom. The average Bonchev–Trinajstić information content (AvgIpc) is 2.42. The summed E-state index contributed by atoms with van der Waals surface area (Å²) in [6.07, 6.45) is 0.596. The van der Waals surface area contributed by atoms with Crippen molar-refractivity contribution in [3.63, 3.8) is 0 Å². The van der Waals surface area contributed by atoms with Crippen LogP contribution in [0.4, 0.5) is 13.2 Å². The molecule has 0 radical (unpaired) electrons. The molecule has 0 amide bonds. The van der Waals surface area contributed by atoms with Gasteiger partial charge in [-0.15, -0.1) is 0 Å². The van der Waals surface area contributed by atoms with Crippen LogP contribution in [0.2, 0.25) is 5.02 Å². The lowest BCUT2D eigenvalue weighted by atomic mass is 9.99. The lowest BCUT2D eigenvalue weighted by molar-refractivity contribution is 0.0175. The number of benzene rings is 2. The Morgan fingerprint density at radius 1 is 1.05 bits per heavy atom. The molecule has 0 saturated heterocycles. The van der Waals surface area contributed by atoms with E-state index in [-0.39, 0.29) is 22.8 Å². The minimum absolute atomic E-state index is 0.0151. The average molecular weight is 326 g/mol. The van der Waals surface area contributed by atoms with Crippen molar-refractivity contribution >= 4 is 17.3 Å². The summed E-state index contributed by atoms with van der Waals surface area (Å²) in [6, 6.07) is 10.3. The Kier molecular flexibility index (Phi) is 4.91. The lowest BCUT2D eigenvalue weighted by Crippen LogP contribution is -2.10. The normalized spacial score (nSPS) is 11.5. The highest BCUT2D eigenvalue weighted by molar-refractivity contribution is 6.31. The summed E-state index contributed by atoms with van der Waals surface area (Å²) in [4.78, 5) is 0. The van der Waals surface area contributed by atoms with Crippen molar-refractivity contribution in [3.8, 4) is 0 Å². The Morgan fingerprint density at radius 2 is 1.59 bits per heavy atom. The van der Waals surface area contributed by atoms with Crippen molar-refractivity contribution in [2.24, 2.45) is 0 Å². The zero-order valence-electron chi connectivity index (χ0n) is 12.0. The van der Waals surface area contributed by atoms with Crippen LogP contribution in [0.5, 0.6) is 0 Å². The van der Waals surface area contributed by atoms with E-state index in [0.29, 0.717) is 17.7 Å². The zero-order valence-corrected chi connectivity index (χ0v) is 12.7. The summed E-state index contributed by atoms with van der Waals surface area (Å²) in [5.41, 5.74) is 1.54. The molecular formula is C17H15ClF3N. The van der Waals surface area contributed by atoms with Crippen molar-refractivity contribution in [2.75, 3.05) is 0 Å². The lowest BCUT2D eigenvalue weighted by Gasteiger charge is -2.14. The van der Waals surface area contributed by atoms with Gasteiger partial charge in [-0.1, -0.05) is 29.8 Å². The summed E-state index contributed by atoms with van der Waals surface area (Å²) in [6.45, 7) is 0.793. The third-order valence-corrected chi connectivity index (χ3v) is 3.58. The molecule has 5 heteroatoms. The number of hydrogen-bond donors (Lipinski definition) is 1. The molecule has 0 heterocycles. The molecule has 0 unspecified atom stereocenters. The second-order valence-corrected chi connectivity index (χ2v) is 5.69. The molecule has 0 bridgehead atoms. The topological polar surface area (TPSA) is 23.9 Å². The molecule has 2 aromatic carbocycles. The largest absolute Gasteiger partial charge is 0.309 e. The highest BCUT2D eigenvalue weighted by atomic mass is 35.5. The number of rotatable bonds is 5. The summed E-state index contributed by atoms with van der Waals surface area (Å²) in [5.74, 6) is -3.35. The van der Waals surface area contributed by atoms with Gasteiger partial charge >= 0.3 is 0 Å². The molecule has 0 atom stereocenters. The molecule has 2 rings (SSSR count). The second kappa shape index (κ2) is 6.53. The fraction of sp³-hybridized carbons (Fsp3) is 0.235. The van der Waals surface area contributed by atoms with E-state index in [9.17, 15) is 13.2 Å². The van der Waals surface area contributed by atoms with Gasteiger partial charge in [0.15, 0.2) is 0 Å². The summed E-state index contributed by atoms with van der Waals surface area (Å²) in [7, 11) is 0. The van der Waals surface area contributed by atoms with Crippen LogP contribution in [-0.2, 0) is 18.8 Å². The fourth-order valence-electron chi connectivity index (χ4n) is 2.18. The highest BCUT2D eigenvalue weighted by Gasteiger charge is 2.27. The van der Waals surface area contributed by atoms with Crippen molar-refractivity contribution in [3.05, 3.63) is 70.0 Å². The predicted octanol–water partition coefficient (Wildman–Crippen LogP) is 5.40. The summed E-state index contributed by atoms with van der Waals surface area (Å²) in [5, 5.41) is 8.00. The van der Waals surface area contributed by atoms with Gasteiger partial charge in [0.2, 0.25) is 0 Å². The number of nitrogens with one attached hydrogen (secondary N) is 1. The maximum Gasteiger partial charge on any atom is 0.271 e. The number of hydrogen-bond acceptors (Lipinski definition) is 1. The Bertz CT molecular complexity index is 675. The molecule has 0 spiro atoms. The molecule has 2 aromatic rings. The third-order valence-electron chi connectivity index (χ3n) is 3.25. The molecule has 116 valence electrons. The minimum Gasteiger partial charge on any atom is -0.309 e. The van der Waals surface area contributed by atoms with Crippen molar-refractivity contribution in [1.29, 1.82) is 5.41 Å². The second-order valence-electron chi connectivity index (χ2n) is 5.29. The van der Waals surface area contributed by atoms with Crippen LogP contribution in [0.1, 0.15) is 23.6 Å². The van der Waals surface area contributed by atoms with Gasteiger partial charge in [0.05, 0.1) is 0 Å². The van der Waals surface area contributed by atoms with Crippen molar-refractivity contribution in [1.82, 2.24) is 0 Å². The van der Waals surface area contributed by atoms with Crippen LogP contribution in [0, 0.1) is 11.2 Å². The van der Waals surface area contributed by atoms with E-state index in [4.69, 9.17) is 17.0 Å². The van der Waals surface area contributed by atoms with Gasteiger partial charge < -0.3 is 5.41 Å². The fourth-order valence-corrected chi connectivity index (χ4v) is 2.46. The molecule has 0 aliphatic rings.